The third kappa shape index (κ3) is 4.23. The Bertz CT molecular complexity index is 438. The largest absolute Gasteiger partial charge is 0.467 e. The van der Waals surface area contributed by atoms with Gasteiger partial charge in [-0.2, -0.15) is 15.0 Å². The van der Waals surface area contributed by atoms with Crippen LogP contribution in [-0.4, -0.2) is 40.7 Å². The Hall–Kier alpha value is -2.12. The number of aromatic nitrogens is 3. The van der Waals surface area contributed by atoms with E-state index in [9.17, 15) is 4.79 Å². The van der Waals surface area contributed by atoms with Gasteiger partial charge in [0.25, 0.3) is 0 Å². The maximum absolute atomic E-state index is 11.6. The van der Waals surface area contributed by atoms with E-state index in [1.165, 1.54) is 7.11 Å². The number of ether oxygens (including phenoxy) is 2. The van der Waals surface area contributed by atoms with Gasteiger partial charge in [0.05, 0.1) is 13.7 Å². The maximum Gasteiger partial charge on any atom is 0.328 e. The first-order valence-corrected chi connectivity index (χ1v) is 5.96. The van der Waals surface area contributed by atoms with Gasteiger partial charge in [0, 0.05) is 0 Å². The molecule has 0 radical (unpaired) electrons. The first-order valence-electron chi connectivity index (χ1n) is 5.96. The van der Waals surface area contributed by atoms with E-state index in [0.717, 1.165) is 0 Å². The number of nitrogens with one attached hydrogen (secondary N) is 1. The van der Waals surface area contributed by atoms with E-state index in [-0.39, 0.29) is 23.8 Å². The molecule has 0 aromatic carbocycles. The molecule has 1 rings (SSSR count). The van der Waals surface area contributed by atoms with Crippen molar-refractivity contribution in [3.05, 3.63) is 0 Å². The molecule has 0 fully saturated rings. The topological polar surface area (TPSA) is 112 Å². The molecule has 8 heteroatoms. The number of methoxy groups -OCH3 is 1. The molecule has 1 aromatic heterocycles. The quantitative estimate of drug-likeness (QED) is 0.716. The number of nitrogens with zero attached hydrogens (tertiary/aromatic N) is 3. The number of hydrogen-bond donors (Lipinski definition) is 2. The molecule has 1 heterocycles. The fourth-order valence-electron chi connectivity index (χ4n) is 1.39. The zero-order chi connectivity index (χ0) is 14.4. The Morgan fingerprint density at radius 1 is 1.37 bits per heavy atom. The highest BCUT2D eigenvalue weighted by Gasteiger charge is 2.24. The zero-order valence-corrected chi connectivity index (χ0v) is 11.5. The van der Waals surface area contributed by atoms with Crippen LogP contribution in [0.1, 0.15) is 20.8 Å². The van der Waals surface area contributed by atoms with Crippen molar-refractivity contribution in [3.8, 4) is 6.01 Å². The van der Waals surface area contributed by atoms with Crippen LogP contribution in [-0.2, 0) is 9.53 Å². The number of rotatable bonds is 6. The molecular weight excluding hydrogens is 250 g/mol. The zero-order valence-electron chi connectivity index (χ0n) is 11.5. The Kier molecular flexibility index (Phi) is 5.28. The van der Waals surface area contributed by atoms with Crippen molar-refractivity contribution in [1.82, 2.24) is 15.0 Å². The molecular formula is C11H19N5O3. The van der Waals surface area contributed by atoms with Gasteiger partial charge in [-0.05, 0) is 12.8 Å². The van der Waals surface area contributed by atoms with E-state index in [1.807, 2.05) is 13.8 Å². The van der Waals surface area contributed by atoms with Gasteiger partial charge in [-0.25, -0.2) is 4.79 Å². The molecule has 1 unspecified atom stereocenters. The van der Waals surface area contributed by atoms with Gasteiger partial charge >= 0.3 is 12.0 Å². The Morgan fingerprint density at radius 3 is 2.58 bits per heavy atom. The minimum Gasteiger partial charge on any atom is -0.467 e. The van der Waals surface area contributed by atoms with Crippen LogP contribution in [0.25, 0.3) is 0 Å². The first-order chi connectivity index (χ1) is 8.97. The number of carbonyl (C=O) groups excluding carboxylic acids is 1. The Morgan fingerprint density at radius 2 is 2.05 bits per heavy atom. The highest BCUT2D eigenvalue weighted by molar-refractivity contribution is 5.78. The van der Waals surface area contributed by atoms with Gasteiger partial charge in [-0.15, -0.1) is 0 Å². The predicted molar refractivity (Wildman–Crippen MR) is 69.7 cm³/mol. The lowest BCUT2D eigenvalue weighted by Crippen LogP contribution is -2.36. The number of nitrogen functional groups attached to an aromatic ring is 1. The third-order valence-electron chi connectivity index (χ3n) is 2.31. The molecule has 0 spiro atoms. The van der Waals surface area contributed by atoms with Crippen molar-refractivity contribution >= 4 is 17.9 Å². The summed E-state index contributed by atoms with van der Waals surface area (Å²) in [5, 5.41) is 2.87. The van der Waals surface area contributed by atoms with Crippen molar-refractivity contribution in [3.63, 3.8) is 0 Å². The van der Waals surface area contributed by atoms with Crippen LogP contribution in [0.4, 0.5) is 11.9 Å². The second-order valence-corrected chi connectivity index (χ2v) is 4.12. The molecule has 0 aliphatic rings. The van der Waals surface area contributed by atoms with Crippen LogP contribution in [0.3, 0.4) is 0 Å². The van der Waals surface area contributed by atoms with Crippen LogP contribution in [0.2, 0.25) is 0 Å². The first kappa shape index (κ1) is 14.9. The predicted octanol–water partition coefficient (Wildman–Crippen LogP) is 0.462. The average molecular weight is 269 g/mol. The van der Waals surface area contributed by atoms with Crippen LogP contribution >= 0.6 is 0 Å². The second-order valence-electron chi connectivity index (χ2n) is 4.12. The highest BCUT2D eigenvalue weighted by atomic mass is 16.5. The number of anilines is 2. The van der Waals surface area contributed by atoms with Crippen molar-refractivity contribution < 1.29 is 14.3 Å². The summed E-state index contributed by atoms with van der Waals surface area (Å²) >= 11 is 0. The van der Waals surface area contributed by atoms with Gasteiger partial charge in [-0.1, -0.05) is 13.8 Å². The number of hydrogen-bond acceptors (Lipinski definition) is 8. The lowest BCUT2D eigenvalue weighted by molar-refractivity contribution is -0.142. The summed E-state index contributed by atoms with van der Waals surface area (Å²) in [6.07, 6.45) is 0. The van der Waals surface area contributed by atoms with E-state index in [2.05, 4.69) is 20.3 Å². The number of nitrogens with two attached hydrogens (primary N) is 1. The highest BCUT2D eigenvalue weighted by Crippen LogP contribution is 2.13. The van der Waals surface area contributed by atoms with Gasteiger partial charge in [-0.3, -0.25) is 0 Å². The van der Waals surface area contributed by atoms with E-state index >= 15 is 0 Å². The summed E-state index contributed by atoms with van der Waals surface area (Å²) in [6.45, 7) is 5.97. The van der Waals surface area contributed by atoms with Crippen LogP contribution in [0.5, 0.6) is 6.01 Å². The summed E-state index contributed by atoms with van der Waals surface area (Å²) < 4.78 is 9.88. The number of carbonyl (C=O) groups is 1. The normalized spacial score (nSPS) is 12.1. The molecule has 106 valence electrons. The van der Waals surface area contributed by atoms with E-state index < -0.39 is 12.0 Å². The second kappa shape index (κ2) is 6.72. The molecule has 0 amide bonds. The summed E-state index contributed by atoms with van der Waals surface area (Å²) in [5.41, 5.74) is 5.55. The minimum absolute atomic E-state index is 0.000910. The van der Waals surface area contributed by atoms with E-state index in [4.69, 9.17) is 15.2 Å². The lowest BCUT2D eigenvalue weighted by atomic mass is 10.1. The van der Waals surface area contributed by atoms with E-state index in [0.29, 0.717) is 6.61 Å². The number of esters is 1. The SMILES string of the molecule is CCOc1nc(N)nc(NC(C(=O)OC)C(C)C)n1. The average Bonchev–Trinajstić information content (AvgIpc) is 2.34. The smallest absolute Gasteiger partial charge is 0.328 e. The van der Waals surface area contributed by atoms with Gasteiger partial charge in [0.15, 0.2) is 0 Å². The maximum atomic E-state index is 11.6. The standard InChI is InChI=1S/C11H19N5O3/c1-5-19-11-15-9(12)14-10(16-11)13-7(6(2)3)8(17)18-4/h6-7H,5H2,1-4H3,(H3,12,13,14,15,16). The van der Waals surface area contributed by atoms with Gasteiger partial charge < -0.3 is 20.5 Å². The summed E-state index contributed by atoms with van der Waals surface area (Å²) in [4.78, 5) is 23.4. The molecule has 1 aromatic rings. The minimum atomic E-state index is -0.568. The van der Waals surface area contributed by atoms with Crippen molar-refractivity contribution in [2.75, 3.05) is 24.8 Å². The molecule has 0 saturated heterocycles. The van der Waals surface area contributed by atoms with Gasteiger partial charge in [0.2, 0.25) is 11.9 Å². The lowest BCUT2D eigenvalue weighted by Gasteiger charge is -2.19. The molecule has 1 atom stereocenters. The Balaban J connectivity index is 2.92. The molecule has 8 nitrogen and oxygen atoms in total. The molecule has 3 N–H and O–H groups in total. The molecule has 19 heavy (non-hydrogen) atoms. The monoisotopic (exact) mass is 269 g/mol. The molecule has 0 saturated carbocycles. The van der Waals surface area contributed by atoms with E-state index in [1.54, 1.807) is 6.92 Å². The van der Waals surface area contributed by atoms with Crippen molar-refractivity contribution in [1.29, 1.82) is 0 Å². The summed E-state index contributed by atoms with van der Waals surface area (Å²) in [6, 6.07) is -0.453. The van der Waals surface area contributed by atoms with Crippen LogP contribution in [0, 0.1) is 5.92 Å². The third-order valence-corrected chi connectivity index (χ3v) is 2.31. The molecule has 0 aliphatic heterocycles. The fourth-order valence-corrected chi connectivity index (χ4v) is 1.39. The summed E-state index contributed by atoms with van der Waals surface area (Å²) in [7, 11) is 1.33. The molecule has 0 aliphatic carbocycles. The van der Waals surface area contributed by atoms with Crippen molar-refractivity contribution in [2.24, 2.45) is 5.92 Å². The Labute approximate surface area is 111 Å². The van der Waals surface area contributed by atoms with Gasteiger partial charge in [0.1, 0.15) is 6.04 Å². The van der Waals surface area contributed by atoms with Crippen molar-refractivity contribution in [2.45, 2.75) is 26.8 Å². The summed E-state index contributed by atoms with van der Waals surface area (Å²) in [5.74, 6) is -0.193. The van der Waals surface area contributed by atoms with Crippen LogP contribution in [0.15, 0.2) is 0 Å². The molecule has 0 bridgehead atoms. The fraction of sp³-hybridized carbons (Fsp3) is 0.636. The van der Waals surface area contributed by atoms with Crippen LogP contribution < -0.4 is 15.8 Å².